The summed E-state index contributed by atoms with van der Waals surface area (Å²) in [6.07, 6.45) is 1.86. The molecule has 0 unspecified atom stereocenters. The van der Waals surface area contributed by atoms with Crippen LogP contribution in [0, 0.1) is 6.92 Å². The second-order valence-corrected chi connectivity index (χ2v) is 4.74. The summed E-state index contributed by atoms with van der Waals surface area (Å²) in [7, 11) is 0. The van der Waals surface area contributed by atoms with Gasteiger partial charge in [0.15, 0.2) is 0 Å². The summed E-state index contributed by atoms with van der Waals surface area (Å²) < 4.78 is 5.97. The molecule has 0 saturated heterocycles. The molecule has 0 fully saturated rings. The highest BCUT2D eigenvalue weighted by molar-refractivity contribution is 5.34. The maximum absolute atomic E-state index is 5.97. The molecular formula is C18H21NO. The molecule has 0 aromatic heterocycles. The van der Waals surface area contributed by atoms with E-state index in [1.807, 2.05) is 36.4 Å². The maximum Gasteiger partial charge on any atom is 0.124 e. The number of hydrogen-bond donors (Lipinski definition) is 1. The van der Waals surface area contributed by atoms with E-state index in [4.69, 9.17) is 4.74 Å². The smallest absolute Gasteiger partial charge is 0.124 e. The molecule has 2 aromatic rings. The van der Waals surface area contributed by atoms with Crippen molar-refractivity contribution in [1.82, 2.24) is 5.32 Å². The van der Waals surface area contributed by atoms with E-state index in [-0.39, 0.29) is 0 Å². The van der Waals surface area contributed by atoms with Gasteiger partial charge in [-0.1, -0.05) is 48.5 Å². The van der Waals surface area contributed by atoms with Crippen LogP contribution in [0.4, 0.5) is 0 Å². The van der Waals surface area contributed by atoms with Crippen molar-refractivity contribution >= 4 is 0 Å². The van der Waals surface area contributed by atoms with Crippen LogP contribution in [-0.2, 0) is 13.2 Å². The van der Waals surface area contributed by atoms with Crippen LogP contribution in [0.15, 0.2) is 61.2 Å². The summed E-state index contributed by atoms with van der Waals surface area (Å²) in [4.78, 5) is 0. The van der Waals surface area contributed by atoms with Crippen LogP contribution >= 0.6 is 0 Å². The highest BCUT2D eigenvalue weighted by Gasteiger charge is 2.04. The van der Waals surface area contributed by atoms with Crippen molar-refractivity contribution < 1.29 is 4.74 Å². The van der Waals surface area contributed by atoms with Crippen molar-refractivity contribution in [3.8, 4) is 5.75 Å². The van der Waals surface area contributed by atoms with Gasteiger partial charge in [-0.25, -0.2) is 0 Å². The Kier molecular flexibility index (Phi) is 5.39. The minimum atomic E-state index is 0.602. The molecule has 104 valence electrons. The summed E-state index contributed by atoms with van der Waals surface area (Å²) in [5, 5.41) is 3.30. The van der Waals surface area contributed by atoms with E-state index in [1.54, 1.807) is 0 Å². The monoisotopic (exact) mass is 267 g/mol. The van der Waals surface area contributed by atoms with Crippen molar-refractivity contribution in [1.29, 1.82) is 0 Å². The molecule has 0 saturated carbocycles. The van der Waals surface area contributed by atoms with Crippen LogP contribution in [0.1, 0.15) is 16.7 Å². The zero-order chi connectivity index (χ0) is 14.2. The van der Waals surface area contributed by atoms with E-state index >= 15 is 0 Å². The van der Waals surface area contributed by atoms with E-state index in [2.05, 4.69) is 37.0 Å². The third kappa shape index (κ3) is 3.97. The Labute approximate surface area is 121 Å². The second kappa shape index (κ2) is 7.51. The second-order valence-electron chi connectivity index (χ2n) is 4.74. The average molecular weight is 267 g/mol. The molecule has 0 radical (unpaired) electrons. The van der Waals surface area contributed by atoms with Crippen molar-refractivity contribution in [3.63, 3.8) is 0 Å². The van der Waals surface area contributed by atoms with Crippen LogP contribution < -0.4 is 10.1 Å². The van der Waals surface area contributed by atoms with Gasteiger partial charge in [0.1, 0.15) is 12.4 Å². The van der Waals surface area contributed by atoms with Crippen LogP contribution in [-0.4, -0.2) is 6.54 Å². The fourth-order valence-electron chi connectivity index (χ4n) is 2.03. The van der Waals surface area contributed by atoms with Crippen molar-refractivity contribution in [2.24, 2.45) is 0 Å². The molecule has 0 spiro atoms. The quantitative estimate of drug-likeness (QED) is 0.608. The molecule has 0 heterocycles. The summed E-state index contributed by atoms with van der Waals surface area (Å²) in [6.45, 7) is 8.00. The molecular weight excluding hydrogens is 246 g/mol. The lowest BCUT2D eigenvalue weighted by Crippen LogP contribution is -2.13. The highest BCUT2D eigenvalue weighted by Crippen LogP contribution is 2.20. The van der Waals surface area contributed by atoms with Crippen LogP contribution in [0.2, 0.25) is 0 Å². The molecule has 2 nitrogen and oxygen atoms in total. The van der Waals surface area contributed by atoms with Gasteiger partial charge < -0.3 is 10.1 Å². The molecule has 2 heteroatoms. The molecule has 1 N–H and O–H groups in total. The van der Waals surface area contributed by atoms with E-state index in [9.17, 15) is 0 Å². The Morgan fingerprint density at radius 3 is 2.50 bits per heavy atom. The molecule has 0 aliphatic carbocycles. The van der Waals surface area contributed by atoms with Gasteiger partial charge in [-0.3, -0.25) is 0 Å². The Hall–Kier alpha value is -2.06. The lowest BCUT2D eigenvalue weighted by atomic mass is 10.1. The summed E-state index contributed by atoms with van der Waals surface area (Å²) in [6, 6.07) is 16.4. The van der Waals surface area contributed by atoms with Crippen LogP contribution in [0.25, 0.3) is 0 Å². The van der Waals surface area contributed by atoms with E-state index < -0.39 is 0 Å². The molecule has 2 rings (SSSR count). The van der Waals surface area contributed by atoms with Crippen LogP contribution in [0.3, 0.4) is 0 Å². The van der Waals surface area contributed by atoms with Crippen molar-refractivity contribution in [2.45, 2.75) is 20.1 Å². The normalized spacial score (nSPS) is 10.2. The minimum absolute atomic E-state index is 0.602. The lowest BCUT2D eigenvalue weighted by molar-refractivity contribution is 0.301. The van der Waals surface area contributed by atoms with Crippen molar-refractivity contribution in [2.75, 3.05) is 6.54 Å². The fraction of sp³-hybridized carbons (Fsp3) is 0.222. The molecule has 20 heavy (non-hydrogen) atoms. The minimum Gasteiger partial charge on any atom is -0.489 e. The van der Waals surface area contributed by atoms with Gasteiger partial charge in [-0.15, -0.1) is 6.58 Å². The Morgan fingerprint density at radius 2 is 1.75 bits per heavy atom. The molecule has 0 amide bonds. The first-order valence-electron chi connectivity index (χ1n) is 6.88. The lowest BCUT2D eigenvalue weighted by Gasteiger charge is -2.13. The van der Waals surface area contributed by atoms with Gasteiger partial charge in [0.25, 0.3) is 0 Å². The third-order valence-electron chi connectivity index (χ3n) is 3.22. The molecule has 0 atom stereocenters. The predicted molar refractivity (Wildman–Crippen MR) is 83.9 cm³/mol. The first kappa shape index (κ1) is 14.4. The average Bonchev–Trinajstić information content (AvgIpc) is 2.48. The van der Waals surface area contributed by atoms with E-state index in [1.165, 1.54) is 16.7 Å². The van der Waals surface area contributed by atoms with Gasteiger partial charge in [0.2, 0.25) is 0 Å². The zero-order valence-electron chi connectivity index (χ0n) is 11.9. The number of benzene rings is 2. The fourth-order valence-corrected chi connectivity index (χ4v) is 2.03. The summed E-state index contributed by atoms with van der Waals surface area (Å²) in [5.74, 6) is 0.937. The van der Waals surface area contributed by atoms with Gasteiger partial charge in [0, 0.05) is 18.7 Å². The number of nitrogens with one attached hydrogen (secondary N) is 1. The third-order valence-corrected chi connectivity index (χ3v) is 3.22. The van der Waals surface area contributed by atoms with E-state index in [0.717, 1.165) is 18.8 Å². The topological polar surface area (TPSA) is 21.3 Å². The Morgan fingerprint density at radius 1 is 1.05 bits per heavy atom. The van der Waals surface area contributed by atoms with Crippen LogP contribution in [0.5, 0.6) is 5.75 Å². The standard InChI is InChI=1S/C18H21NO/c1-3-12-19-13-16-9-6-7-11-18(16)20-14-17-10-5-4-8-15(17)2/h3-11,19H,1,12-14H2,2H3. The summed E-state index contributed by atoms with van der Waals surface area (Å²) >= 11 is 0. The highest BCUT2D eigenvalue weighted by atomic mass is 16.5. The van der Waals surface area contributed by atoms with Gasteiger partial charge in [0.05, 0.1) is 0 Å². The van der Waals surface area contributed by atoms with Crippen molar-refractivity contribution in [3.05, 3.63) is 77.9 Å². The maximum atomic E-state index is 5.97. The van der Waals surface area contributed by atoms with Gasteiger partial charge in [-0.2, -0.15) is 0 Å². The SMILES string of the molecule is C=CCNCc1ccccc1OCc1ccccc1C. The molecule has 2 aromatic carbocycles. The first-order chi connectivity index (χ1) is 9.81. The Bertz CT molecular complexity index is 563. The van der Waals surface area contributed by atoms with Gasteiger partial charge >= 0.3 is 0 Å². The predicted octanol–water partition coefficient (Wildman–Crippen LogP) is 3.85. The largest absolute Gasteiger partial charge is 0.489 e. The molecule has 0 aliphatic rings. The van der Waals surface area contributed by atoms with Gasteiger partial charge in [-0.05, 0) is 24.1 Å². The molecule has 0 aliphatic heterocycles. The first-order valence-corrected chi connectivity index (χ1v) is 6.88. The zero-order valence-corrected chi connectivity index (χ0v) is 11.9. The number of ether oxygens (including phenoxy) is 1. The number of aryl methyl sites for hydroxylation is 1. The summed E-state index contributed by atoms with van der Waals surface area (Å²) in [5.41, 5.74) is 3.65. The molecule has 0 bridgehead atoms. The number of para-hydroxylation sites is 1. The Balaban J connectivity index is 2.02. The number of rotatable bonds is 7. The number of hydrogen-bond acceptors (Lipinski definition) is 2. The van der Waals surface area contributed by atoms with E-state index in [0.29, 0.717) is 6.61 Å².